The first kappa shape index (κ1) is 14.0. The van der Waals surface area contributed by atoms with Crippen LogP contribution in [-0.4, -0.2) is 15.1 Å². The molecule has 0 bridgehead atoms. The lowest BCUT2D eigenvalue weighted by Crippen LogP contribution is -2.22. The molecule has 0 spiro atoms. The highest BCUT2D eigenvalue weighted by Crippen LogP contribution is 2.30. The van der Waals surface area contributed by atoms with Gasteiger partial charge in [-0.15, -0.1) is 11.3 Å². The van der Waals surface area contributed by atoms with Gasteiger partial charge in [0.2, 0.25) is 0 Å². The Morgan fingerprint density at radius 2 is 1.73 bits per heavy atom. The van der Waals surface area contributed by atoms with Crippen LogP contribution in [0.4, 0.5) is 5.69 Å². The van der Waals surface area contributed by atoms with Gasteiger partial charge in [-0.2, -0.15) is 0 Å². The molecule has 0 aliphatic rings. The number of aromatic nitrogens is 2. The molecule has 3 rings (SSSR count). The lowest BCUT2D eigenvalue weighted by Gasteiger charge is -2.06. The van der Waals surface area contributed by atoms with Crippen LogP contribution in [0.2, 0.25) is 0 Å². The molecular weight excluding hydrogens is 306 g/mol. The number of non-ortho nitro benzene ring substituents is 1. The van der Waals surface area contributed by atoms with E-state index in [9.17, 15) is 19.7 Å². The van der Waals surface area contributed by atoms with Crippen molar-refractivity contribution in [3.05, 3.63) is 72.6 Å². The monoisotopic (exact) mass is 315 g/mol. The summed E-state index contributed by atoms with van der Waals surface area (Å²) in [6, 6.07) is 9.13. The van der Waals surface area contributed by atoms with Crippen molar-refractivity contribution in [3.8, 4) is 21.6 Å². The molecule has 0 saturated heterocycles. The van der Waals surface area contributed by atoms with E-state index in [-0.39, 0.29) is 16.8 Å². The van der Waals surface area contributed by atoms with E-state index in [1.165, 1.54) is 29.5 Å². The Labute approximate surface area is 127 Å². The SMILES string of the molecule is O=c1[nH][nH]c(=O)c(-c2cccs2)c1-c1cccc([N+](=O)[O-])c1. The number of hydrogen-bond donors (Lipinski definition) is 2. The number of rotatable bonds is 3. The van der Waals surface area contributed by atoms with Crippen molar-refractivity contribution >= 4 is 17.0 Å². The summed E-state index contributed by atoms with van der Waals surface area (Å²) in [5.41, 5.74) is -0.458. The molecule has 0 unspecified atom stereocenters. The van der Waals surface area contributed by atoms with Gasteiger partial charge >= 0.3 is 0 Å². The van der Waals surface area contributed by atoms with Gasteiger partial charge in [-0.3, -0.25) is 29.9 Å². The van der Waals surface area contributed by atoms with E-state index in [1.54, 1.807) is 23.6 Å². The highest BCUT2D eigenvalue weighted by Gasteiger charge is 2.18. The second-order valence-corrected chi connectivity index (χ2v) is 5.39. The molecule has 7 nitrogen and oxygen atoms in total. The van der Waals surface area contributed by atoms with Crippen molar-refractivity contribution in [2.24, 2.45) is 0 Å². The van der Waals surface area contributed by atoms with Crippen molar-refractivity contribution in [1.29, 1.82) is 0 Å². The molecule has 8 heteroatoms. The third kappa shape index (κ3) is 2.35. The number of benzene rings is 1. The zero-order chi connectivity index (χ0) is 15.7. The van der Waals surface area contributed by atoms with Gasteiger partial charge in [0.1, 0.15) is 0 Å². The number of nitrogens with one attached hydrogen (secondary N) is 2. The molecule has 0 radical (unpaired) electrons. The topological polar surface area (TPSA) is 109 Å². The summed E-state index contributed by atoms with van der Waals surface area (Å²) in [5.74, 6) is 0. The molecule has 2 aromatic heterocycles. The Bertz CT molecular complexity index is 957. The van der Waals surface area contributed by atoms with Gasteiger partial charge in [0.05, 0.1) is 16.1 Å². The molecular formula is C14H9N3O4S. The minimum atomic E-state index is -0.546. The maximum Gasteiger partial charge on any atom is 0.271 e. The average Bonchev–Trinajstić information content (AvgIpc) is 3.03. The fourth-order valence-corrected chi connectivity index (χ4v) is 2.95. The number of H-pyrrole nitrogens is 2. The van der Waals surface area contributed by atoms with Crippen molar-refractivity contribution in [2.75, 3.05) is 0 Å². The lowest BCUT2D eigenvalue weighted by atomic mass is 10.0. The van der Waals surface area contributed by atoms with Crippen LogP contribution in [0.3, 0.4) is 0 Å². The summed E-state index contributed by atoms with van der Waals surface area (Å²) in [4.78, 5) is 35.3. The van der Waals surface area contributed by atoms with E-state index in [1.807, 2.05) is 0 Å². The fourth-order valence-electron chi connectivity index (χ4n) is 2.17. The zero-order valence-electron chi connectivity index (χ0n) is 11.0. The quantitative estimate of drug-likeness (QED) is 0.571. The molecule has 0 fully saturated rings. The normalized spacial score (nSPS) is 10.5. The van der Waals surface area contributed by atoms with E-state index in [4.69, 9.17) is 0 Å². The van der Waals surface area contributed by atoms with Crippen molar-refractivity contribution in [3.63, 3.8) is 0 Å². The maximum absolute atomic E-state index is 12.2. The van der Waals surface area contributed by atoms with E-state index >= 15 is 0 Å². The smallest absolute Gasteiger partial charge is 0.267 e. The van der Waals surface area contributed by atoms with E-state index in [2.05, 4.69) is 10.2 Å². The number of thiophene rings is 1. The van der Waals surface area contributed by atoms with Crippen LogP contribution >= 0.6 is 11.3 Å². The van der Waals surface area contributed by atoms with Gasteiger partial charge in [0.15, 0.2) is 0 Å². The molecule has 22 heavy (non-hydrogen) atoms. The van der Waals surface area contributed by atoms with Crippen LogP contribution in [0.25, 0.3) is 21.6 Å². The number of nitro groups is 1. The second-order valence-electron chi connectivity index (χ2n) is 4.44. The molecule has 0 saturated carbocycles. The van der Waals surface area contributed by atoms with Gasteiger partial charge in [-0.05, 0) is 17.0 Å². The number of nitro benzene ring substituents is 1. The average molecular weight is 315 g/mol. The first-order valence-electron chi connectivity index (χ1n) is 6.21. The molecule has 0 amide bonds. The summed E-state index contributed by atoms with van der Waals surface area (Å²) in [6.07, 6.45) is 0. The number of hydrogen-bond acceptors (Lipinski definition) is 5. The minimum absolute atomic E-state index is 0.120. The maximum atomic E-state index is 12.2. The Balaban J connectivity index is 2.34. The third-order valence-electron chi connectivity index (χ3n) is 3.11. The Morgan fingerprint density at radius 1 is 1.00 bits per heavy atom. The Morgan fingerprint density at radius 3 is 2.36 bits per heavy atom. The van der Waals surface area contributed by atoms with Gasteiger partial charge in [-0.1, -0.05) is 18.2 Å². The van der Waals surface area contributed by atoms with Gasteiger partial charge in [-0.25, -0.2) is 0 Å². The summed E-state index contributed by atoms with van der Waals surface area (Å²) in [6.45, 7) is 0. The molecule has 2 heterocycles. The first-order chi connectivity index (χ1) is 10.6. The second kappa shape index (κ2) is 5.41. The molecule has 110 valence electrons. The summed E-state index contributed by atoms with van der Waals surface area (Å²) in [5, 5.41) is 17.2. The van der Waals surface area contributed by atoms with Gasteiger partial charge in [0, 0.05) is 17.0 Å². The molecule has 0 atom stereocenters. The van der Waals surface area contributed by atoms with Crippen molar-refractivity contribution in [1.82, 2.24) is 10.2 Å². The highest BCUT2D eigenvalue weighted by molar-refractivity contribution is 7.13. The summed E-state index contributed by atoms with van der Waals surface area (Å²) < 4.78 is 0. The Kier molecular flexibility index (Phi) is 3.43. The molecule has 2 N–H and O–H groups in total. The van der Waals surface area contributed by atoms with E-state index in [0.717, 1.165) is 0 Å². The van der Waals surface area contributed by atoms with Crippen molar-refractivity contribution < 1.29 is 4.92 Å². The highest BCUT2D eigenvalue weighted by atomic mass is 32.1. The van der Waals surface area contributed by atoms with Crippen molar-refractivity contribution in [2.45, 2.75) is 0 Å². The van der Waals surface area contributed by atoms with Gasteiger partial charge in [0.25, 0.3) is 16.8 Å². The zero-order valence-corrected chi connectivity index (χ0v) is 11.8. The molecule has 3 aromatic rings. The van der Waals surface area contributed by atoms with E-state index < -0.39 is 16.0 Å². The predicted octanol–water partition coefficient (Wildman–Crippen LogP) is 2.37. The number of aromatic amines is 2. The molecule has 1 aromatic carbocycles. The fraction of sp³-hybridized carbons (Fsp3) is 0. The van der Waals surface area contributed by atoms with Crippen LogP contribution in [0, 0.1) is 10.1 Å². The Hall–Kier alpha value is -3.00. The predicted molar refractivity (Wildman–Crippen MR) is 83.1 cm³/mol. The third-order valence-corrected chi connectivity index (χ3v) is 3.99. The summed E-state index contributed by atoms with van der Waals surface area (Å²) >= 11 is 1.31. The van der Waals surface area contributed by atoms with Crippen LogP contribution in [0.15, 0.2) is 51.4 Å². The summed E-state index contributed by atoms with van der Waals surface area (Å²) in [7, 11) is 0. The van der Waals surface area contributed by atoms with Gasteiger partial charge < -0.3 is 0 Å². The van der Waals surface area contributed by atoms with Crippen LogP contribution in [0.1, 0.15) is 0 Å². The molecule has 0 aliphatic heterocycles. The molecule has 0 aliphatic carbocycles. The first-order valence-corrected chi connectivity index (χ1v) is 7.09. The minimum Gasteiger partial charge on any atom is -0.267 e. The van der Waals surface area contributed by atoms with Crippen LogP contribution in [-0.2, 0) is 0 Å². The van der Waals surface area contributed by atoms with Crippen LogP contribution in [0.5, 0.6) is 0 Å². The van der Waals surface area contributed by atoms with Crippen LogP contribution < -0.4 is 11.1 Å². The largest absolute Gasteiger partial charge is 0.271 e. The standard InChI is InChI=1S/C14H9N3O4S/c18-13-11(8-3-1-4-9(7-8)17(20)21)12(14(19)16-15-13)10-5-2-6-22-10/h1-7H,(H,15,18)(H,16,19). The lowest BCUT2D eigenvalue weighted by molar-refractivity contribution is -0.384. The van der Waals surface area contributed by atoms with E-state index in [0.29, 0.717) is 10.4 Å². The number of nitrogens with zero attached hydrogens (tertiary/aromatic N) is 1.